The molecule has 0 bridgehead atoms. The van der Waals surface area contributed by atoms with E-state index in [1.165, 1.54) is 11.1 Å². The molecule has 0 fully saturated rings. The topological polar surface area (TPSA) is 55.1 Å². The van der Waals surface area contributed by atoms with Crippen LogP contribution < -0.4 is 0 Å². The van der Waals surface area contributed by atoms with E-state index in [1.54, 1.807) is 11.7 Å². The molecule has 0 amide bonds. The summed E-state index contributed by atoms with van der Waals surface area (Å²) in [7, 11) is 1.79. The van der Waals surface area contributed by atoms with Gasteiger partial charge in [0.25, 0.3) is 0 Å². The van der Waals surface area contributed by atoms with Crippen molar-refractivity contribution < 1.29 is 9.90 Å². The Morgan fingerprint density at radius 1 is 1.26 bits per heavy atom. The van der Waals surface area contributed by atoms with Gasteiger partial charge in [-0.15, -0.1) is 0 Å². The number of carbonyl (C=O) groups is 1. The molecule has 4 nitrogen and oxygen atoms in total. The zero-order valence-corrected chi connectivity index (χ0v) is 11.7. The first-order chi connectivity index (χ1) is 8.90. The molecule has 1 aromatic heterocycles. The highest BCUT2D eigenvalue weighted by molar-refractivity contribution is 5.72. The van der Waals surface area contributed by atoms with E-state index < -0.39 is 5.97 Å². The van der Waals surface area contributed by atoms with E-state index in [4.69, 9.17) is 5.11 Å². The van der Waals surface area contributed by atoms with Gasteiger partial charge in [0.1, 0.15) is 0 Å². The van der Waals surface area contributed by atoms with Crippen molar-refractivity contribution in [2.24, 2.45) is 7.05 Å². The maximum absolute atomic E-state index is 10.9. The van der Waals surface area contributed by atoms with E-state index in [-0.39, 0.29) is 6.42 Å². The van der Waals surface area contributed by atoms with Gasteiger partial charge in [-0.3, -0.25) is 9.48 Å². The molecule has 19 heavy (non-hydrogen) atoms. The van der Waals surface area contributed by atoms with Gasteiger partial charge >= 0.3 is 5.97 Å². The quantitative estimate of drug-likeness (QED) is 0.920. The standard InChI is InChI=1S/C15H18N2O2/c1-9-5-6-12(7-10(9)2)15-11(3)13(8-14(18)19)17(4)16-15/h5-7H,8H2,1-4H3,(H,18,19). The molecule has 0 atom stereocenters. The smallest absolute Gasteiger partial charge is 0.309 e. The van der Waals surface area contributed by atoms with E-state index in [9.17, 15) is 4.79 Å². The summed E-state index contributed by atoms with van der Waals surface area (Å²) in [6.07, 6.45) is 0.000175. The van der Waals surface area contributed by atoms with Crippen molar-refractivity contribution in [3.63, 3.8) is 0 Å². The van der Waals surface area contributed by atoms with Crippen LogP contribution in [0.25, 0.3) is 11.3 Å². The summed E-state index contributed by atoms with van der Waals surface area (Å²) in [6.45, 7) is 6.06. The van der Waals surface area contributed by atoms with Crippen LogP contribution in [0.4, 0.5) is 0 Å². The number of benzene rings is 1. The highest BCUT2D eigenvalue weighted by atomic mass is 16.4. The highest BCUT2D eigenvalue weighted by Gasteiger charge is 2.16. The van der Waals surface area contributed by atoms with Crippen molar-refractivity contribution in [3.05, 3.63) is 40.6 Å². The molecule has 0 aliphatic rings. The maximum Gasteiger partial charge on any atom is 0.309 e. The first-order valence-corrected chi connectivity index (χ1v) is 6.22. The lowest BCUT2D eigenvalue weighted by Crippen LogP contribution is -2.06. The first kappa shape index (κ1) is 13.3. The van der Waals surface area contributed by atoms with Gasteiger partial charge in [0.15, 0.2) is 0 Å². The van der Waals surface area contributed by atoms with E-state index in [0.717, 1.165) is 22.5 Å². The second-order valence-corrected chi connectivity index (χ2v) is 4.91. The molecule has 0 aliphatic carbocycles. The minimum Gasteiger partial charge on any atom is -0.481 e. The van der Waals surface area contributed by atoms with E-state index in [1.807, 2.05) is 13.0 Å². The summed E-state index contributed by atoms with van der Waals surface area (Å²) < 4.78 is 1.66. The van der Waals surface area contributed by atoms with Crippen LogP contribution in [-0.4, -0.2) is 20.9 Å². The number of carboxylic acid groups (broad SMARTS) is 1. The Morgan fingerprint density at radius 2 is 1.95 bits per heavy atom. The number of carboxylic acids is 1. The van der Waals surface area contributed by atoms with Gasteiger partial charge in [-0.1, -0.05) is 12.1 Å². The van der Waals surface area contributed by atoms with Gasteiger partial charge < -0.3 is 5.11 Å². The molecule has 0 unspecified atom stereocenters. The molecular weight excluding hydrogens is 240 g/mol. The molecule has 2 aromatic rings. The number of nitrogens with zero attached hydrogens (tertiary/aromatic N) is 2. The molecule has 0 saturated carbocycles. The van der Waals surface area contributed by atoms with Crippen molar-refractivity contribution in [2.75, 3.05) is 0 Å². The average molecular weight is 258 g/mol. The Kier molecular flexibility index (Phi) is 3.42. The van der Waals surface area contributed by atoms with Crippen molar-refractivity contribution in [1.29, 1.82) is 0 Å². The van der Waals surface area contributed by atoms with Gasteiger partial charge in [-0.2, -0.15) is 5.10 Å². The SMILES string of the molecule is Cc1ccc(-c2nn(C)c(CC(=O)O)c2C)cc1C. The Labute approximate surface area is 112 Å². The molecule has 1 aromatic carbocycles. The Bertz CT molecular complexity index is 642. The third kappa shape index (κ3) is 2.52. The van der Waals surface area contributed by atoms with Crippen LogP contribution in [0, 0.1) is 20.8 Å². The lowest BCUT2D eigenvalue weighted by molar-refractivity contribution is -0.136. The number of hydrogen-bond acceptors (Lipinski definition) is 2. The van der Waals surface area contributed by atoms with Gasteiger partial charge in [0.05, 0.1) is 17.8 Å². The van der Waals surface area contributed by atoms with Crippen LogP contribution in [0.5, 0.6) is 0 Å². The molecule has 0 saturated heterocycles. The summed E-state index contributed by atoms with van der Waals surface area (Å²) in [5.74, 6) is -0.835. The first-order valence-electron chi connectivity index (χ1n) is 6.22. The monoisotopic (exact) mass is 258 g/mol. The summed E-state index contributed by atoms with van der Waals surface area (Å²) in [5, 5.41) is 13.4. The third-order valence-corrected chi connectivity index (χ3v) is 3.53. The Morgan fingerprint density at radius 3 is 2.53 bits per heavy atom. The normalized spacial score (nSPS) is 10.7. The number of aromatic nitrogens is 2. The van der Waals surface area contributed by atoms with Crippen molar-refractivity contribution in [3.8, 4) is 11.3 Å². The fourth-order valence-corrected chi connectivity index (χ4v) is 2.22. The largest absolute Gasteiger partial charge is 0.481 e. The second-order valence-electron chi connectivity index (χ2n) is 4.91. The summed E-state index contributed by atoms with van der Waals surface area (Å²) in [6, 6.07) is 6.19. The van der Waals surface area contributed by atoms with Crippen LogP contribution in [0.15, 0.2) is 18.2 Å². The molecule has 0 aliphatic heterocycles. The van der Waals surface area contributed by atoms with Crippen molar-refractivity contribution >= 4 is 5.97 Å². The van der Waals surface area contributed by atoms with Crippen LogP contribution in [0.2, 0.25) is 0 Å². The number of hydrogen-bond donors (Lipinski definition) is 1. The fraction of sp³-hybridized carbons (Fsp3) is 0.333. The third-order valence-electron chi connectivity index (χ3n) is 3.53. The lowest BCUT2D eigenvalue weighted by Gasteiger charge is -2.04. The van der Waals surface area contributed by atoms with Crippen LogP contribution >= 0.6 is 0 Å². The number of rotatable bonds is 3. The maximum atomic E-state index is 10.9. The average Bonchev–Trinajstić information content (AvgIpc) is 2.60. The van der Waals surface area contributed by atoms with Crippen LogP contribution in [0.3, 0.4) is 0 Å². The molecule has 0 radical (unpaired) electrons. The van der Waals surface area contributed by atoms with Gasteiger partial charge in [-0.25, -0.2) is 0 Å². The van der Waals surface area contributed by atoms with E-state index in [2.05, 4.69) is 31.1 Å². The molecule has 4 heteroatoms. The predicted molar refractivity (Wildman–Crippen MR) is 74.2 cm³/mol. The van der Waals surface area contributed by atoms with E-state index >= 15 is 0 Å². The minimum atomic E-state index is -0.835. The number of aliphatic carboxylic acids is 1. The molecule has 1 N–H and O–H groups in total. The van der Waals surface area contributed by atoms with Crippen LogP contribution in [-0.2, 0) is 18.3 Å². The van der Waals surface area contributed by atoms with Gasteiger partial charge in [0.2, 0.25) is 0 Å². The van der Waals surface area contributed by atoms with Crippen molar-refractivity contribution in [1.82, 2.24) is 9.78 Å². The molecule has 1 heterocycles. The zero-order valence-electron chi connectivity index (χ0n) is 11.7. The van der Waals surface area contributed by atoms with E-state index in [0.29, 0.717) is 0 Å². The van der Waals surface area contributed by atoms with Gasteiger partial charge in [0, 0.05) is 12.6 Å². The molecule has 2 rings (SSSR count). The summed E-state index contributed by atoms with van der Waals surface area (Å²) in [5.41, 5.74) is 6.04. The summed E-state index contributed by atoms with van der Waals surface area (Å²) in [4.78, 5) is 10.9. The Hall–Kier alpha value is -2.10. The lowest BCUT2D eigenvalue weighted by atomic mass is 10.0. The fourth-order valence-electron chi connectivity index (χ4n) is 2.22. The predicted octanol–water partition coefficient (Wildman–Crippen LogP) is 2.64. The number of aryl methyl sites for hydroxylation is 3. The van der Waals surface area contributed by atoms with Gasteiger partial charge in [-0.05, 0) is 43.5 Å². The Balaban J connectivity index is 2.51. The second kappa shape index (κ2) is 4.88. The minimum absolute atomic E-state index is 0.000175. The molecule has 100 valence electrons. The summed E-state index contributed by atoms with van der Waals surface area (Å²) >= 11 is 0. The zero-order chi connectivity index (χ0) is 14.2. The van der Waals surface area contributed by atoms with Crippen molar-refractivity contribution in [2.45, 2.75) is 27.2 Å². The van der Waals surface area contributed by atoms with Crippen LogP contribution in [0.1, 0.15) is 22.4 Å². The molecule has 0 spiro atoms. The highest BCUT2D eigenvalue weighted by Crippen LogP contribution is 2.26. The molecular formula is C15H18N2O2.